The second-order valence-electron chi connectivity index (χ2n) is 6.77. The molecule has 1 atom stereocenters. The van der Waals surface area contributed by atoms with Gasteiger partial charge in [0.1, 0.15) is 17.4 Å². The molecule has 0 bridgehead atoms. The van der Waals surface area contributed by atoms with E-state index in [4.69, 9.17) is 16.3 Å². The minimum Gasteiger partial charge on any atom is -0.486 e. The molecule has 150 valence electrons. The number of ether oxygens (including phenoxy) is 1. The highest BCUT2D eigenvalue weighted by Gasteiger charge is 2.32. The van der Waals surface area contributed by atoms with Crippen LogP contribution in [-0.4, -0.2) is 27.7 Å². The van der Waals surface area contributed by atoms with Crippen molar-refractivity contribution in [1.29, 1.82) is 0 Å². The number of nitrogens with zero attached hydrogens (tertiary/aromatic N) is 3. The molecule has 0 aliphatic carbocycles. The van der Waals surface area contributed by atoms with E-state index in [0.29, 0.717) is 24.7 Å². The molecule has 4 rings (SSSR count). The van der Waals surface area contributed by atoms with Crippen molar-refractivity contribution in [3.05, 3.63) is 75.2 Å². The van der Waals surface area contributed by atoms with Gasteiger partial charge in [-0.1, -0.05) is 53.3 Å². The van der Waals surface area contributed by atoms with Crippen molar-refractivity contribution in [2.45, 2.75) is 32.0 Å². The molecule has 1 aliphatic heterocycles. The number of carbonyl (C=O) groups is 1. The lowest BCUT2D eigenvalue weighted by atomic mass is 10.2. The first kappa shape index (κ1) is 19.7. The van der Waals surface area contributed by atoms with E-state index in [1.807, 2.05) is 59.5 Å². The summed E-state index contributed by atoms with van der Waals surface area (Å²) in [5.74, 6) is 0.799. The Morgan fingerprint density at radius 2 is 1.97 bits per heavy atom. The van der Waals surface area contributed by atoms with Crippen molar-refractivity contribution in [1.82, 2.24) is 20.4 Å². The normalized spacial score (nSPS) is 16.0. The van der Waals surface area contributed by atoms with Crippen molar-refractivity contribution >= 4 is 29.0 Å². The quantitative estimate of drug-likeness (QED) is 0.611. The molecule has 8 heteroatoms. The zero-order valence-corrected chi connectivity index (χ0v) is 17.3. The zero-order valence-electron chi connectivity index (χ0n) is 15.8. The number of amides is 2. The summed E-state index contributed by atoms with van der Waals surface area (Å²) in [4.78, 5) is 14.6. The van der Waals surface area contributed by atoms with Crippen molar-refractivity contribution in [2.75, 3.05) is 6.54 Å². The summed E-state index contributed by atoms with van der Waals surface area (Å²) in [5, 5.41) is 13.9. The third-order valence-corrected chi connectivity index (χ3v) is 5.99. The minimum atomic E-state index is -0.0836. The number of urea groups is 1. The average Bonchev–Trinajstić information content (AvgIpc) is 3.42. The summed E-state index contributed by atoms with van der Waals surface area (Å²) in [6.45, 7) is 1.55. The number of para-hydroxylation sites is 1. The summed E-state index contributed by atoms with van der Waals surface area (Å²) < 4.78 is 5.74. The maximum Gasteiger partial charge on any atom is 0.318 e. The molecule has 3 aromatic rings. The van der Waals surface area contributed by atoms with Crippen LogP contribution >= 0.6 is 22.9 Å². The van der Waals surface area contributed by atoms with Gasteiger partial charge >= 0.3 is 6.03 Å². The van der Waals surface area contributed by atoms with Crippen LogP contribution < -0.4 is 10.1 Å². The minimum absolute atomic E-state index is 0.0387. The standard InChI is InChI=1S/C21H21ClN4O2S/c22-16-10-8-15(9-11-16)13-23-21(27)26-12-4-7-18(26)20-25-24-19(29-20)14-28-17-5-2-1-3-6-17/h1-3,5-6,8-11,18H,4,7,12-14H2,(H,23,27). The highest BCUT2D eigenvalue weighted by Crippen LogP contribution is 2.33. The highest BCUT2D eigenvalue weighted by atomic mass is 35.5. The van der Waals surface area contributed by atoms with E-state index in [1.54, 1.807) is 0 Å². The first-order valence-corrected chi connectivity index (χ1v) is 10.7. The summed E-state index contributed by atoms with van der Waals surface area (Å²) >= 11 is 7.41. The van der Waals surface area contributed by atoms with Crippen LogP contribution in [0.25, 0.3) is 0 Å². The molecule has 6 nitrogen and oxygen atoms in total. The Kier molecular flexibility index (Phi) is 6.27. The van der Waals surface area contributed by atoms with Gasteiger partial charge in [-0.25, -0.2) is 4.79 Å². The molecule has 1 aliphatic rings. The Morgan fingerprint density at radius 1 is 1.17 bits per heavy atom. The van der Waals surface area contributed by atoms with E-state index in [1.165, 1.54) is 11.3 Å². The van der Waals surface area contributed by atoms with Crippen LogP contribution in [0.15, 0.2) is 54.6 Å². The number of carbonyl (C=O) groups excluding carboxylic acids is 1. The van der Waals surface area contributed by atoms with Crippen LogP contribution in [0.1, 0.15) is 34.5 Å². The van der Waals surface area contributed by atoms with E-state index < -0.39 is 0 Å². The summed E-state index contributed by atoms with van der Waals surface area (Å²) in [6.07, 6.45) is 1.84. The lowest BCUT2D eigenvalue weighted by Gasteiger charge is -2.23. The monoisotopic (exact) mass is 428 g/mol. The molecule has 0 saturated carbocycles. The third kappa shape index (κ3) is 5.05. The molecule has 1 fully saturated rings. The number of hydrogen-bond acceptors (Lipinski definition) is 5. The highest BCUT2D eigenvalue weighted by molar-refractivity contribution is 7.11. The molecule has 2 amide bonds. The molecule has 0 spiro atoms. The van der Waals surface area contributed by atoms with Gasteiger partial charge < -0.3 is 15.0 Å². The van der Waals surface area contributed by atoms with E-state index in [9.17, 15) is 4.79 Å². The summed E-state index contributed by atoms with van der Waals surface area (Å²) in [7, 11) is 0. The van der Waals surface area contributed by atoms with Gasteiger partial charge in [-0.15, -0.1) is 10.2 Å². The van der Waals surface area contributed by atoms with Crippen LogP contribution in [0.5, 0.6) is 5.75 Å². The zero-order chi connectivity index (χ0) is 20.1. The van der Waals surface area contributed by atoms with Crippen LogP contribution in [0, 0.1) is 0 Å². The molecule has 1 N–H and O–H groups in total. The van der Waals surface area contributed by atoms with Crippen LogP contribution in [0.3, 0.4) is 0 Å². The molecule has 1 unspecified atom stereocenters. The van der Waals surface area contributed by atoms with Gasteiger partial charge in [0.05, 0.1) is 6.04 Å². The Labute approximate surface area is 178 Å². The average molecular weight is 429 g/mol. The van der Waals surface area contributed by atoms with Crippen LogP contribution in [0.2, 0.25) is 5.02 Å². The number of hydrogen-bond donors (Lipinski definition) is 1. The fourth-order valence-corrected chi connectivity index (χ4v) is 4.30. The Morgan fingerprint density at radius 3 is 2.76 bits per heavy atom. The molecule has 0 radical (unpaired) electrons. The lowest BCUT2D eigenvalue weighted by Crippen LogP contribution is -2.39. The molecule has 29 heavy (non-hydrogen) atoms. The van der Waals surface area contributed by atoms with Crippen LogP contribution in [-0.2, 0) is 13.2 Å². The second kappa shape index (κ2) is 9.24. The molecular weight excluding hydrogens is 408 g/mol. The van der Waals surface area contributed by atoms with Gasteiger partial charge in [-0.05, 0) is 42.7 Å². The lowest BCUT2D eigenvalue weighted by molar-refractivity contribution is 0.192. The van der Waals surface area contributed by atoms with Crippen LogP contribution in [0.4, 0.5) is 4.79 Å². The SMILES string of the molecule is O=C(NCc1ccc(Cl)cc1)N1CCCC1c1nnc(COc2ccccc2)s1. The molecule has 1 saturated heterocycles. The van der Waals surface area contributed by atoms with Crippen molar-refractivity contribution in [2.24, 2.45) is 0 Å². The summed E-state index contributed by atoms with van der Waals surface area (Å²) in [6, 6.07) is 17.0. The van der Waals surface area contributed by atoms with Gasteiger partial charge in [0.15, 0.2) is 5.01 Å². The van der Waals surface area contributed by atoms with Gasteiger partial charge in [0.25, 0.3) is 0 Å². The molecular formula is C21H21ClN4O2S. The van der Waals surface area contributed by atoms with Gasteiger partial charge in [0, 0.05) is 18.1 Å². The van der Waals surface area contributed by atoms with Crippen molar-refractivity contribution in [3.63, 3.8) is 0 Å². The van der Waals surface area contributed by atoms with E-state index in [-0.39, 0.29) is 12.1 Å². The fraction of sp³-hybridized carbons (Fsp3) is 0.286. The van der Waals surface area contributed by atoms with Gasteiger partial charge in [-0.3, -0.25) is 0 Å². The number of benzene rings is 2. The largest absolute Gasteiger partial charge is 0.486 e. The Bertz CT molecular complexity index is 949. The number of aromatic nitrogens is 2. The van der Waals surface area contributed by atoms with Crippen molar-refractivity contribution in [3.8, 4) is 5.75 Å². The van der Waals surface area contributed by atoms with Gasteiger partial charge in [-0.2, -0.15) is 0 Å². The number of rotatable bonds is 6. The molecule has 1 aromatic heterocycles. The topological polar surface area (TPSA) is 67.4 Å². The Balaban J connectivity index is 1.34. The molecule has 2 heterocycles. The first-order chi connectivity index (χ1) is 14.2. The maximum atomic E-state index is 12.7. The smallest absolute Gasteiger partial charge is 0.318 e. The van der Waals surface area contributed by atoms with E-state index in [2.05, 4.69) is 15.5 Å². The first-order valence-electron chi connectivity index (χ1n) is 9.48. The number of halogens is 1. The number of likely N-dealkylation sites (tertiary alicyclic amines) is 1. The van der Waals surface area contributed by atoms with Gasteiger partial charge in [0.2, 0.25) is 0 Å². The van der Waals surface area contributed by atoms with E-state index >= 15 is 0 Å². The predicted octanol–water partition coefficient (Wildman–Crippen LogP) is 4.82. The Hall–Kier alpha value is -2.64. The van der Waals surface area contributed by atoms with Crippen molar-refractivity contribution < 1.29 is 9.53 Å². The maximum absolute atomic E-state index is 12.7. The van der Waals surface area contributed by atoms with E-state index in [0.717, 1.165) is 34.2 Å². The second-order valence-corrected chi connectivity index (χ2v) is 8.30. The summed E-state index contributed by atoms with van der Waals surface area (Å²) in [5.41, 5.74) is 1.01. The number of nitrogens with one attached hydrogen (secondary N) is 1. The third-order valence-electron chi connectivity index (χ3n) is 4.74. The predicted molar refractivity (Wildman–Crippen MR) is 113 cm³/mol. The molecule has 2 aromatic carbocycles. The fourth-order valence-electron chi connectivity index (χ4n) is 3.27.